The van der Waals surface area contributed by atoms with Crippen LogP contribution in [0.1, 0.15) is 25.7 Å². The van der Waals surface area contributed by atoms with Crippen LogP contribution in [0.2, 0.25) is 5.02 Å². The minimum absolute atomic E-state index is 0.0297. The Balaban J connectivity index is 1.57. The van der Waals surface area contributed by atoms with E-state index in [0.29, 0.717) is 6.42 Å². The highest BCUT2D eigenvalue weighted by atomic mass is 35.5. The molecular weight excluding hydrogens is 300 g/mol. The van der Waals surface area contributed by atoms with Gasteiger partial charge < -0.3 is 14.6 Å². The molecule has 1 amide bonds. The number of aliphatic hydroxyl groups excluding tert-OH is 1. The van der Waals surface area contributed by atoms with Gasteiger partial charge >= 0.3 is 0 Å². The molecule has 1 atom stereocenters. The number of aliphatic hydroxyl groups is 1. The van der Waals surface area contributed by atoms with E-state index >= 15 is 0 Å². The van der Waals surface area contributed by atoms with Crippen molar-refractivity contribution in [1.29, 1.82) is 0 Å². The molecular formula is C17H21ClN2O2. The van der Waals surface area contributed by atoms with Crippen molar-refractivity contribution >= 4 is 28.4 Å². The first-order chi connectivity index (χ1) is 10.7. The van der Waals surface area contributed by atoms with Crippen molar-refractivity contribution in [1.82, 2.24) is 9.47 Å². The summed E-state index contributed by atoms with van der Waals surface area (Å²) < 4.78 is 2.16. The van der Waals surface area contributed by atoms with Gasteiger partial charge in [-0.2, -0.15) is 0 Å². The van der Waals surface area contributed by atoms with Gasteiger partial charge in [0.25, 0.3) is 0 Å². The van der Waals surface area contributed by atoms with Crippen LogP contribution in [0.4, 0.5) is 0 Å². The summed E-state index contributed by atoms with van der Waals surface area (Å²) >= 11 is 5.99. The third kappa shape index (κ3) is 3.13. The number of halogens is 1. The van der Waals surface area contributed by atoms with Crippen LogP contribution in [-0.4, -0.2) is 39.7 Å². The Morgan fingerprint density at radius 3 is 3.05 bits per heavy atom. The minimum Gasteiger partial charge on any atom is -0.394 e. The van der Waals surface area contributed by atoms with Crippen LogP contribution in [0.15, 0.2) is 30.5 Å². The number of likely N-dealkylation sites (tertiary alicyclic amines) is 1. The number of aryl methyl sites for hydroxylation is 1. The van der Waals surface area contributed by atoms with Crippen LogP contribution in [0, 0.1) is 0 Å². The number of aromatic nitrogens is 1. The lowest BCUT2D eigenvalue weighted by Crippen LogP contribution is -2.37. The third-order valence-corrected chi connectivity index (χ3v) is 4.67. The van der Waals surface area contributed by atoms with Crippen LogP contribution in [0.3, 0.4) is 0 Å². The van der Waals surface area contributed by atoms with Crippen molar-refractivity contribution in [2.24, 2.45) is 0 Å². The summed E-state index contributed by atoms with van der Waals surface area (Å²) in [5.74, 6) is 0.163. The lowest BCUT2D eigenvalue weighted by atomic mass is 10.2. The average molecular weight is 321 g/mol. The van der Waals surface area contributed by atoms with Gasteiger partial charge in [0, 0.05) is 41.6 Å². The third-order valence-electron chi connectivity index (χ3n) is 4.43. The molecule has 0 unspecified atom stereocenters. The lowest BCUT2D eigenvalue weighted by Gasteiger charge is -2.23. The van der Waals surface area contributed by atoms with E-state index in [2.05, 4.69) is 4.57 Å². The van der Waals surface area contributed by atoms with Gasteiger partial charge in [-0.15, -0.1) is 0 Å². The van der Waals surface area contributed by atoms with E-state index in [1.165, 1.54) is 0 Å². The molecule has 3 rings (SSSR count). The Labute approximate surface area is 135 Å². The van der Waals surface area contributed by atoms with Crippen molar-refractivity contribution in [3.05, 3.63) is 35.5 Å². The SMILES string of the molecule is O=C(CCCn1ccc2cc(Cl)ccc21)N1CCC[C@@H]1CO. The molecule has 118 valence electrons. The lowest BCUT2D eigenvalue weighted by molar-refractivity contribution is -0.132. The molecule has 1 N–H and O–H groups in total. The fraction of sp³-hybridized carbons (Fsp3) is 0.471. The number of benzene rings is 1. The van der Waals surface area contributed by atoms with Crippen LogP contribution < -0.4 is 0 Å². The molecule has 1 aromatic heterocycles. The molecule has 1 fully saturated rings. The molecule has 2 heterocycles. The van der Waals surface area contributed by atoms with Gasteiger partial charge in [0.15, 0.2) is 0 Å². The first-order valence-corrected chi connectivity index (χ1v) is 8.21. The Bertz CT molecular complexity index is 668. The number of nitrogens with zero attached hydrogens (tertiary/aromatic N) is 2. The van der Waals surface area contributed by atoms with Crippen LogP contribution in [0.25, 0.3) is 10.9 Å². The number of fused-ring (bicyclic) bond motifs is 1. The molecule has 1 aliphatic rings. The predicted molar refractivity (Wildman–Crippen MR) is 88.0 cm³/mol. The average Bonchev–Trinajstić information content (AvgIpc) is 3.13. The van der Waals surface area contributed by atoms with Crippen molar-refractivity contribution in [2.75, 3.05) is 13.2 Å². The maximum Gasteiger partial charge on any atom is 0.222 e. The summed E-state index contributed by atoms with van der Waals surface area (Å²) in [6.45, 7) is 1.68. The van der Waals surface area contributed by atoms with Crippen LogP contribution >= 0.6 is 11.6 Å². The Kier molecular flexibility index (Phi) is 4.69. The molecule has 1 saturated heterocycles. The summed E-state index contributed by atoms with van der Waals surface area (Å²) in [4.78, 5) is 14.1. The highest BCUT2D eigenvalue weighted by molar-refractivity contribution is 6.31. The minimum atomic E-state index is 0.0297. The van der Waals surface area contributed by atoms with E-state index in [1.807, 2.05) is 35.4 Å². The topological polar surface area (TPSA) is 45.5 Å². The Morgan fingerprint density at radius 1 is 1.36 bits per heavy atom. The van der Waals surface area contributed by atoms with E-state index in [-0.39, 0.29) is 18.6 Å². The molecule has 0 bridgehead atoms. The van der Waals surface area contributed by atoms with Gasteiger partial charge in [0.05, 0.1) is 12.6 Å². The number of hydrogen-bond donors (Lipinski definition) is 1. The molecule has 4 nitrogen and oxygen atoms in total. The van der Waals surface area contributed by atoms with Gasteiger partial charge in [-0.1, -0.05) is 11.6 Å². The van der Waals surface area contributed by atoms with E-state index < -0.39 is 0 Å². The smallest absolute Gasteiger partial charge is 0.222 e. The van der Waals surface area contributed by atoms with Crippen molar-refractivity contribution in [3.8, 4) is 0 Å². The normalized spacial score (nSPS) is 18.3. The zero-order chi connectivity index (χ0) is 15.5. The summed E-state index contributed by atoms with van der Waals surface area (Å²) in [6.07, 6.45) is 5.30. The van der Waals surface area contributed by atoms with Crippen molar-refractivity contribution in [3.63, 3.8) is 0 Å². The Morgan fingerprint density at radius 2 is 2.23 bits per heavy atom. The number of carbonyl (C=O) groups excluding carboxylic acids is 1. The number of hydrogen-bond acceptors (Lipinski definition) is 2. The molecule has 0 radical (unpaired) electrons. The fourth-order valence-corrected chi connectivity index (χ4v) is 3.44. The van der Waals surface area contributed by atoms with E-state index in [9.17, 15) is 9.90 Å². The highest BCUT2D eigenvalue weighted by Crippen LogP contribution is 2.22. The zero-order valence-corrected chi connectivity index (χ0v) is 13.3. The Hall–Kier alpha value is -1.52. The zero-order valence-electron chi connectivity index (χ0n) is 12.5. The maximum atomic E-state index is 12.2. The fourth-order valence-electron chi connectivity index (χ4n) is 3.26. The second kappa shape index (κ2) is 6.71. The molecule has 1 aliphatic heterocycles. The monoisotopic (exact) mass is 320 g/mol. The first kappa shape index (κ1) is 15.4. The number of rotatable bonds is 5. The summed E-state index contributed by atoms with van der Waals surface area (Å²) in [5.41, 5.74) is 1.14. The van der Waals surface area contributed by atoms with E-state index in [0.717, 1.165) is 48.3 Å². The molecule has 22 heavy (non-hydrogen) atoms. The van der Waals surface area contributed by atoms with Crippen molar-refractivity contribution in [2.45, 2.75) is 38.3 Å². The van der Waals surface area contributed by atoms with Crippen molar-refractivity contribution < 1.29 is 9.90 Å². The molecule has 5 heteroatoms. The number of carbonyl (C=O) groups is 1. The quantitative estimate of drug-likeness (QED) is 0.920. The van der Waals surface area contributed by atoms with Crippen LogP contribution in [-0.2, 0) is 11.3 Å². The van der Waals surface area contributed by atoms with E-state index in [4.69, 9.17) is 11.6 Å². The first-order valence-electron chi connectivity index (χ1n) is 7.84. The second-order valence-electron chi connectivity index (χ2n) is 5.88. The molecule has 0 saturated carbocycles. The maximum absolute atomic E-state index is 12.2. The van der Waals surface area contributed by atoms with E-state index in [1.54, 1.807) is 0 Å². The molecule has 0 aliphatic carbocycles. The predicted octanol–water partition coefficient (Wildman–Crippen LogP) is 3.06. The van der Waals surface area contributed by atoms with Gasteiger partial charge in [-0.25, -0.2) is 0 Å². The second-order valence-corrected chi connectivity index (χ2v) is 6.32. The standard InChI is InChI=1S/C17H21ClN2O2/c18-14-5-6-16-13(11-14)7-10-19(16)8-2-4-17(22)20-9-1-3-15(20)12-21/h5-7,10-11,15,21H,1-4,8-9,12H2/t15-/m1/s1. The molecule has 2 aromatic rings. The summed E-state index contributed by atoms with van der Waals surface area (Å²) in [6, 6.07) is 7.94. The highest BCUT2D eigenvalue weighted by Gasteiger charge is 2.27. The van der Waals surface area contributed by atoms with Gasteiger partial charge in [0.1, 0.15) is 0 Å². The number of amides is 1. The van der Waals surface area contributed by atoms with Gasteiger partial charge in [-0.3, -0.25) is 4.79 Å². The summed E-state index contributed by atoms with van der Waals surface area (Å²) in [5, 5.41) is 11.2. The van der Waals surface area contributed by atoms with Gasteiger partial charge in [0.2, 0.25) is 5.91 Å². The molecule has 1 aromatic carbocycles. The van der Waals surface area contributed by atoms with Gasteiger partial charge in [-0.05, 0) is 43.5 Å². The summed E-state index contributed by atoms with van der Waals surface area (Å²) in [7, 11) is 0. The molecule has 0 spiro atoms. The largest absolute Gasteiger partial charge is 0.394 e. The van der Waals surface area contributed by atoms with Crippen LogP contribution in [0.5, 0.6) is 0 Å².